The van der Waals surface area contributed by atoms with Crippen LogP contribution in [0.1, 0.15) is 38.4 Å². The highest BCUT2D eigenvalue weighted by Gasteiger charge is 2.20. The summed E-state index contributed by atoms with van der Waals surface area (Å²) in [5.74, 6) is 2.53. The van der Waals surface area contributed by atoms with Crippen molar-refractivity contribution in [2.45, 2.75) is 38.8 Å². The first-order chi connectivity index (χ1) is 9.22. The number of thioether (sulfide) groups is 1. The lowest BCUT2D eigenvalue weighted by molar-refractivity contribution is 0.558. The minimum atomic E-state index is 0.335. The van der Waals surface area contributed by atoms with Crippen LogP contribution in [0.2, 0.25) is 0 Å². The van der Waals surface area contributed by atoms with E-state index in [0.717, 1.165) is 18.7 Å². The third-order valence-corrected chi connectivity index (χ3v) is 4.92. The second kappa shape index (κ2) is 7.15. The van der Waals surface area contributed by atoms with Crippen LogP contribution in [-0.4, -0.2) is 36.1 Å². The number of rotatable bonds is 6. The maximum absolute atomic E-state index is 4.61. The molecule has 0 spiro atoms. The largest absolute Gasteiger partial charge is 0.370 e. The summed E-state index contributed by atoms with van der Waals surface area (Å²) in [6.45, 7) is 5.41. The molecule has 2 heterocycles. The van der Waals surface area contributed by atoms with Gasteiger partial charge in [0.2, 0.25) is 0 Å². The van der Waals surface area contributed by atoms with Crippen LogP contribution in [0.15, 0.2) is 18.3 Å². The van der Waals surface area contributed by atoms with Crippen LogP contribution in [-0.2, 0) is 0 Å². The van der Waals surface area contributed by atoms with Crippen molar-refractivity contribution in [3.05, 3.63) is 24.0 Å². The molecule has 1 N–H and O–H groups in total. The summed E-state index contributed by atoms with van der Waals surface area (Å²) in [6.07, 6.45) is 4.46. The number of nitrogens with one attached hydrogen (secondary N) is 1. The molecule has 1 aliphatic rings. The summed E-state index contributed by atoms with van der Waals surface area (Å²) in [5.41, 5.74) is 2.37. The third kappa shape index (κ3) is 3.86. The van der Waals surface area contributed by atoms with Gasteiger partial charge in [-0.1, -0.05) is 6.92 Å². The SMILES string of the molecule is CCCNC(C)c1ccc(N(C)C2CCSC2)cn1. The molecule has 106 valence electrons. The van der Waals surface area contributed by atoms with Gasteiger partial charge >= 0.3 is 0 Å². The third-order valence-electron chi connectivity index (χ3n) is 3.78. The monoisotopic (exact) mass is 279 g/mol. The first-order valence-electron chi connectivity index (χ1n) is 7.22. The van der Waals surface area contributed by atoms with E-state index in [-0.39, 0.29) is 0 Å². The molecule has 1 aromatic rings. The predicted molar refractivity (Wildman–Crippen MR) is 85.1 cm³/mol. The van der Waals surface area contributed by atoms with Crippen LogP contribution in [0.4, 0.5) is 5.69 Å². The fraction of sp³-hybridized carbons (Fsp3) is 0.667. The lowest BCUT2D eigenvalue weighted by atomic mass is 10.2. The van der Waals surface area contributed by atoms with Crippen LogP contribution in [0, 0.1) is 0 Å². The van der Waals surface area contributed by atoms with Crippen LogP contribution >= 0.6 is 11.8 Å². The molecular weight excluding hydrogens is 254 g/mol. The Morgan fingerprint density at radius 3 is 2.95 bits per heavy atom. The quantitative estimate of drug-likeness (QED) is 0.866. The van der Waals surface area contributed by atoms with E-state index < -0.39 is 0 Å². The number of pyridine rings is 1. The van der Waals surface area contributed by atoms with Gasteiger partial charge in [-0.2, -0.15) is 11.8 Å². The zero-order chi connectivity index (χ0) is 13.7. The lowest BCUT2D eigenvalue weighted by Crippen LogP contribution is -2.31. The van der Waals surface area contributed by atoms with Crippen molar-refractivity contribution in [1.82, 2.24) is 10.3 Å². The van der Waals surface area contributed by atoms with E-state index in [1.165, 1.54) is 23.6 Å². The Hall–Kier alpha value is -0.740. The number of hydrogen-bond acceptors (Lipinski definition) is 4. The van der Waals surface area contributed by atoms with Gasteiger partial charge < -0.3 is 10.2 Å². The molecule has 19 heavy (non-hydrogen) atoms. The minimum Gasteiger partial charge on any atom is -0.370 e. The number of anilines is 1. The van der Waals surface area contributed by atoms with Gasteiger partial charge in [-0.05, 0) is 44.2 Å². The maximum Gasteiger partial charge on any atom is 0.0572 e. The fourth-order valence-corrected chi connectivity index (χ4v) is 3.63. The summed E-state index contributed by atoms with van der Waals surface area (Å²) in [6, 6.07) is 5.37. The van der Waals surface area contributed by atoms with Gasteiger partial charge in [0.1, 0.15) is 0 Å². The smallest absolute Gasteiger partial charge is 0.0572 e. The van der Waals surface area contributed by atoms with Crippen molar-refractivity contribution in [2.75, 3.05) is 30.0 Å². The van der Waals surface area contributed by atoms with Gasteiger partial charge in [0.15, 0.2) is 0 Å². The van der Waals surface area contributed by atoms with E-state index in [4.69, 9.17) is 0 Å². The van der Waals surface area contributed by atoms with Crippen LogP contribution in [0.5, 0.6) is 0 Å². The number of nitrogens with zero attached hydrogens (tertiary/aromatic N) is 2. The van der Waals surface area contributed by atoms with Gasteiger partial charge in [-0.25, -0.2) is 0 Å². The number of hydrogen-bond donors (Lipinski definition) is 1. The van der Waals surface area contributed by atoms with E-state index >= 15 is 0 Å². The second-order valence-electron chi connectivity index (χ2n) is 5.25. The normalized spacial score (nSPS) is 20.5. The topological polar surface area (TPSA) is 28.2 Å². The van der Waals surface area contributed by atoms with E-state index in [1.54, 1.807) is 0 Å². The van der Waals surface area contributed by atoms with Crippen molar-refractivity contribution < 1.29 is 0 Å². The molecule has 1 fully saturated rings. The average molecular weight is 279 g/mol. The van der Waals surface area contributed by atoms with E-state index in [2.05, 4.69) is 60.0 Å². The molecule has 0 aliphatic carbocycles. The molecule has 1 aliphatic heterocycles. The summed E-state index contributed by atoms with van der Waals surface area (Å²) in [7, 11) is 2.19. The zero-order valence-corrected chi connectivity index (χ0v) is 13.0. The van der Waals surface area contributed by atoms with E-state index in [0.29, 0.717) is 12.1 Å². The molecule has 4 heteroatoms. The van der Waals surface area contributed by atoms with Gasteiger partial charge in [0, 0.05) is 24.9 Å². The van der Waals surface area contributed by atoms with E-state index in [9.17, 15) is 0 Å². The van der Waals surface area contributed by atoms with Gasteiger partial charge in [-0.15, -0.1) is 0 Å². The molecule has 1 aromatic heterocycles. The second-order valence-corrected chi connectivity index (χ2v) is 6.40. The molecule has 0 bridgehead atoms. The predicted octanol–water partition coefficient (Wildman–Crippen LogP) is 3.08. The Bertz CT molecular complexity index is 373. The highest BCUT2D eigenvalue weighted by atomic mass is 32.2. The lowest BCUT2D eigenvalue weighted by Gasteiger charge is -2.26. The van der Waals surface area contributed by atoms with Crippen LogP contribution < -0.4 is 10.2 Å². The Kier molecular flexibility index (Phi) is 5.52. The molecular formula is C15H25N3S. The zero-order valence-electron chi connectivity index (χ0n) is 12.2. The molecule has 0 saturated carbocycles. The minimum absolute atomic E-state index is 0.335. The maximum atomic E-state index is 4.61. The Morgan fingerprint density at radius 2 is 2.37 bits per heavy atom. The van der Waals surface area contributed by atoms with Crippen molar-refractivity contribution in [3.8, 4) is 0 Å². The molecule has 2 atom stereocenters. The highest BCUT2D eigenvalue weighted by Crippen LogP contribution is 2.25. The summed E-state index contributed by atoms with van der Waals surface area (Å²) in [5, 5.41) is 3.47. The van der Waals surface area contributed by atoms with Crippen LogP contribution in [0.3, 0.4) is 0 Å². The summed E-state index contributed by atoms with van der Waals surface area (Å²) < 4.78 is 0. The van der Waals surface area contributed by atoms with Gasteiger partial charge in [-0.3, -0.25) is 4.98 Å². The molecule has 2 unspecified atom stereocenters. The highest BCUT2D eigenvalue weighted by molar-refractivity contribution is 7.99. The summed E-state index contributed by atoms with van der Waals surface area (Å²) >= 11 is 2.05. The van der Waals surface area contributed by atoms with Crippen molar-refractivity contribution in [1.29, 1.82) is 0 Å². The van der Waals surface area contributed by atoms with Crippen molar-refractivity contribution in [2.24, 2.45) is 0 Å². The molecule has 0 amide bonds. The number of aromatic nitrogens is 1. The standard InChI is InChI=1S/C15H25N3S/c1-4-8-16-12(2)15-6-5-13(10-17-15)18(3)14-7-9-19-11-14/h5-6,10,12,14,16H,4,7-9,11H2,1-3H3. The Balaban J connectivity index is 1.97. The molecule has 0 aromatic carbocycles. The summed E-state index contributed by atoms with van der Waals surface area (Å²) in [4.78, 5) is 6.99. The molecule has 2 rings (SSSR count). The molecule has 1 saturated heterocycles. The average Bonchev–Trinajstić information content (AvgIpc) is 2.98. The van der Waals surface area contributed by atoms with Crippen LogP contribution in [0.25, 0.3) is 0 Å². The van der Waals surface area contributed by atoms with Gasteiger partial charge in [0.25, 0.3) is 0 Å². The Labute approximate surface area is 121 Å². The first-order valence-corrected chi connectivity index (χ1v) is 8.37. The first kappa shape index (κ1) is 14.7. The Morgan fingerprint density at radius 1 is 1.53 bits per heavy atom. The van der Waals surface area contributed by atoms with E-state index in [1.807, 2.05) is 6.20 Å². The molecule has 3 nitrogen and oxygen atoms in total. The van der Waals surface area contributed by atoms with Crippen molar-refractivity contribution in [3.63, 3.8) is 0 Å². The van der Waals surface area contributed by atoms with Gasteiger partial charge in [0.05, 0.1) is 17.6 Å². The fourth-order valence-electron chi connectivity index (χ4n) is 2.37. The van der Waals surface area contributed by atoms with Crippen molar-refractivity contribution >= 4 is 17.4 Å². The molecule has 0 radical (unpaired) electrons.